The first-order chi connectivity index (χ1) is 18.3. The molecule has 4 aromatic heterocycles. The molecule has 3 atom stereocenters. The number of nitrogens with one attached hydrogen (secondary N) is 1. The lowest BCUT2D eigenvalue weighted by Crippen LogP contribution is -2.60. The van der Waals surface area contributed by atoms with Crippen LogP contribution < -0.4 is 15.6 Å². The summed E-state index contributed by atoms with van der Waals surface area (Å²) in [6, 6.07) is 11.1. The number of hydrogen-bond acceptors (Lipinski definition) is 8. The molecule has 6 rings (SSSR count). The minimum Gasteiger partial charge on any atom is -0.488 e. The van der Waals surface area contributed by atoms with E-state index in [1.807, 2.05) is 36.2 Å². The van der Waals surface area contributed by atoms with E-state index in [-0.39, 0.29) is 29.7 Å². The first-order valence-corrected chi connectivity index (χ1v) is 12.6. The lowest BCUT2D eigenvalue weighted by molar-refractivity contribution is -0.153. The molecule has 0 aromatic carbocycles. The Morgan fingerprint density at radius 1 is 1.08 bits per heavy atom. The maximum absolute atomic E-state index is 12.2. The van der Waals surface area contributed by atoms with Gasteiger partial charge in [-0.1, -0.05) is 0 Å². The second-order valence-corrected chi connectivity index (χ2v) is 9.92. The van der Waals surface area contributed by atoms with Gasteiger partial charge in [-0.3, -0.25) is 14.6 Å². The molecular formula is C27H29N7O4. The summed E-state index contributed by atoms with van der Waals surface area (Å²) in [5.74, 6) is 1.95. The molecule has 0 aliphatic carbocycles. The predicted molar refractivity (Wildman–Crippen MR) is 140 cm³/mol. The molecule has 196 valence electrons. The van der Waals surface area contributed by atoms with Gasteiger partial charge in [-0.25, -0.2) is 9.20 Å². The molecule has 38 heavy (non-hydrogen) atoms. The van der Waals surface area contributed by atoms with Gasteiger partial charge in [-0.05, 0) is 36.8 Å². The van der Waals surface area contributed by atoms with Crippen molar-refractivity contribution in [2.24, 2.45) is 7.05 Å². The van der Waals surface area contributed by atoms with Crippen LogP contribution in [-0.2, 0) is 16.6 Å². The van der Waals surface area contributed by atoms with Crippen molar-refractivity contribution >= 4 is 23.1 Å². The molecule has 6 heterocycles. The Labute approximate surface area is 219 Å². The van der Waals surface area contributed by atoms with E-state index in [0.717, 1.165) is 35.2 Å². The number of morpholine rings is 1. The van der Waals surface area contributed by atoms with Crippen LogP contribution in [0.5, 0.6) is 5.75 Å². The van der Waals surface area contributed by atoms with Gasteiger partial charge in [0.25, 0.3) is 5.56 Å². The number of pyridine rings is 2. The normalized spacial score (nSPS) is 20.9. The van der Waals surface area contributed by atoms with Gasteiger partial charge >= 0.3 is 0 Å². The number of hydrogen-bond donors (Lipinski definition) is 1. The molecule has 1 unspecified atom stereocenters. The zero-order valence-electron chi connectivity index (χ0n) is 21.5. The van der Waals surface area contributed by atoms with Crippen molar-refractivity contribution in [2.45, 2.75) is 44.9 Å². The first-order valence-electron chi connectivity index (χ1n) is 12.6. The Morgan fingerprint density at radius 2 is 1.87 bits per heavy atom. The van der Waals surface area contributed by atoms with Gasteiger partial charge in [0.1, 0.15) is 11.9 Å². The van der Waals surface area contributed by atoms with Gasteiger partial charge in [0, 0.05) is 56.4 Å². The summed E-state index contributed by atoms with van der Waals surface area (Å²) in [4.78, 5) is 30.3. The summed E-state index contributed by atoms with van der Waals surface area (Å²) in [6.07, 6.45) is 5.10. The average Bonchev–Trinajstić information content (AvgIpc) is 3.28. The maximum Gasteiger partial charge on any atom is 0.266 e. The lowest BCUT2D eigenvalue weighted by Gasteiger charge is -2.47. The molecule has 1 N–H and O–H groups in total. The number of ether oxygens (including phenoxy) is 2. The summed E-state index contributed by atoms with van der Waals surface area (Å²) < 4.78 is 15.3. The van der Waals surface area contributed by atoms with Gasteiger partial charge in [-0.2, -0.15) is 10.2 Å². The monoisotopic (exact) mass is 515 g/mol. The van der Waals surface area contributed by atoms with Crippen molar-refractivity contribution in [2.75, 3.05) is 18.5 Å². The number of fused-ring (bicyclic) bond motifs is 3. The van der Waals surface area contributed by atoms with Gasteiger partial charge < -0.3 is 19.7 Å². The molecule has 0 saturated carbocycles. The summed E-state index contributed by atoms with van der Waals surface area (Å²) >= 11 is 0. The number of aryl methyl sites for hydroxylation is 2. The van der Waals surface area contributed by atoms with Crippen LogP contribution in [0.25, 0.3) is 16.6 Å². The minimum absolute atomic E-state index is 0.0300. The number of carbonyl (C=O) groups is 1. The van der Waals surface area contributed by atoms with Gasteiger partial charge in [0.05, 0.1) is 37.0 Å². The van der Waals surface area contributed by atoms with Crippen molar-refractivity contribution in [3.63, 3.8) is 0 Å². The molecule has 2 fully saturated rings. The number of anilines is 2. The quantitative estimate of drug-likeness (QED) is 0.431. The molecule has 0 spiro atoms. The third kappa shape index (κ3) is 4.60. The topological polar surface area (TPSA) is 116 Å². The largest absolute Gasteiger partial charge is 0.488 e. The Bertz CT molecular complexity index is 1570. The van der Waals surface area contributed by atoms with Gasteiger partial charge in [-0.15, -0.1) is 0 Å². The fourth-order valence-electron chi connectivity index (χ4n) is 5.45. The van der Waals surface area contributed by atoms with Crippen LogP contribution in [0.1, 0.15) is 25.5 Å². The Hall–Kier alpha value is -4.25. The number of carbonyl (C=O) groups excluding carboxylic acids is 1. The van der Waals surface area contributed by atoms with E-state index in [2.05, 4.69) is 26.6 Å². The van der Waals surface area contributed by atoms with E-state index in [1.54, 1.807) is 30.8 Å². The van der Waals surface area contributed by atoms with Crippen LogP contribution in [0.4, 0.5) is 11.6 Å². The highest BCUT2D eigenvalue weighted by molar-refractivity contribution is 5.76. The molecule has 2 bridgehead atoms. The van der Waals surface area contributed by atoms with Crippen molar-refractivity contribution in [3.05, 3.63) is 64.8 Å². The van der Waals surface area contributed by atoms with Gasteiger partial charge in [0.15, 0.2) is 11.6 Å². The highest BCUT2D eigenvalue weighted by atomic mass is 16.5. The third-order valence-electron chi connectivity index (χ3n) is 7.13. The lowest BCUT2D eigenvalue weighted by atomic mass is 9.91. The van der Waals surface area contributed by atoms with Crippen molar-refractivity contribution in [1.29, 1.82) is 0 Å². The van der Waals surface area contributed by atoms with Crippen LogP contribution in [0, 0.1) is 6.92 Å². The van der Waals surface area contributed by atoms with E-state index in [0.29, 0.717) is 30.6 Å². The average molecular weight is 516 g/mol. The molecule has 2 saturated heterocycles. The molecule has 2 aliphatic rings. The molecule has 11 nitrogen and oxygen atoms in total. The van der Waals surface area contributed by atoms with Crippen LogP contribution in [0.15, 0.2) is 53.6 Å². The fraction of sp³-hybridized carbons (Fsp3) is 0.370. The van der Waals surface area contributed by atoms with Crippen LogP contribution >= 0.6 is 0 Å². The molecule has 0 radical (unpaired) electrons. The third-order valence-corrected chi connectivity index (χ3v) is 7.13. The van der Waals surface area contributed by atoms with Crippen molar-refractivity contribution < 1.29 is 14.3 Å². The van der Waals surface area contributed by atoms with E-state index >= 15 is 0 Å². The summed E-state index contributed by atoms with van der Waals surface area (Å²) in [5, 5.41) is 11.9. The number of aromatic nitrogens is 5. The Balaban J connectivity index is 1.26. The highest BCUT2D eigenvalue weighted by Crippen LogP contribution is 2.35. The summed E-state index contributed by atoms with van der Waals surface area (Å²) in [6.45, 7) is 4.66. The van der Waals surface area contributed by atoms with Crippen molar-refractivity contribution in [3.8, 4) is 16.9 Å². The zero-order chi connectivity index (χ0) is 26.4. The number of piperidine rings is 1. The summed E-state index contributed by atoms with van der Waals surface area (Å²) in [5.41, 5.74) is 3.53. The molecular weight excluding hydrogens is 486 g/mol. The second-order valence-electron chi connectivity index (χ2n) is 9.92. The SMILES string of the molecule is CC(=O)N1[C@@H]2COC[C@H]1CC(Oc1cnc(C)cc1-c1ccn3nc(Nc4ccc(=O)n(C)n4)cc3c1)C2. The standard InChI is InChI=1S/C27H29N7O4/c1-16-8-23(24(13-28-16)38-22-10-20-14-37-15-21(11-22)34(20)17(2)35)18-6-7-33-19(9-18)12-26(31-33)29-25-4-5-27(36)32(3)30-25/h4-9,12-13,20-22H,10-11,14-15H2,1-3H3,(H,29,30,31)/t20-,21+,22?. The fourth-order valence-corrected chi connectivity index (χ4v) is 5.45. The zero-order valence-corrected chi connectivity index (χ0v) is 21.5. The summed E-state index contributed by atoms with van der Waals surface area (Å²) in [7, 11) is 1.60. The van der Waals surface area contributed by atoms with Crippen LogP contribution in [-0.4, -0.2) is 66.6 Å². The molecule has 2 aliphatic heterocycles. The highest BCUT2D eigenvalue weighted by Gasteiger charge is 2.41. The first kappa shape index (κ1) is 24.1. The van der Waals surface area contributed by atoms with Crippen LogP contribution in [0.2, 0.25) is 0 Å². The van der Waals surface area contributed by atoms with E-state index < -0.39 is 0 Å². The predicted octanol–water partition coefficient (Wildman–Crippen LogP) is 2.70. The number of rotatable bonds is 5. The van der Waals surface area contributed by atoms with E-state index in [1.165, 1.54) is 10.7 Å². The second kappa shape index (κ2) is 9.56. The number of nitrogens with zero attached hydrogens (tertiary/aromatic N) is 6. The smallest absolute Gasteiger partial charge is 0.266 e. The number of amides is 1. The Kier molecular flexibility index (Phi) is 6.07. The van der Waals surface area contributed by atoms with Crippen LogP contribution in [0.3, 0.4) is 0 Å². The van der Waals surface area contributed by atoms with E-state index in [9.17, 15) is 9.59 Å². The Morgan fingerprint density at radius 3 is 2.61 bits per heavy atom. The maximum atomic E-state index is 12.2. The van der Waals surface area contributed by atoms with Crippen molar-refractivity contribution in [1.82, 2.24) is 29.3 Å². The van der Waals surface area contributed by atoms with Gasteiger partial charge in [0.2, 0.25) is 5.91 Å². The molecule has 4 aromatic rings. The molecule has 1 amide bonds. The molecule has 11 heteroatoms. The van der Waals surface area contributed by atoms with E-state index in [4.69, 9.17) is 9.47 Å². The minimum atomic E-state index is -0.179.